The molecule has 88 valence electrons. The first-order chi connectivity index (χ1) is 7.58. The van der Waals surface area contributed by atoms with Crippen LogP contribution in [0.2, 0.25) is 0 Å². The maximum absolute atomic E-state index is 12.0. The van der Waals surface area contributed by atoms with Gasteiger partial charge < -0.3 is 9.80 Å². The van der Waals surface area contributed by atoms with Gasteiger partial charge in [-0.15, -0.1) is 5.10 Å². The van der Waals surface area contributed by atoms with E-state index in [2.05, 4.69) is 34.1 Å². The summed E-state index contributed by atoms with van der Waals surface area (Å²) in [6, 6.07) is 0.387. The van der Waals surface area contributed by atoms with Crippen LogP contribution in [-0.2, 0) is 0 Å². The van der Waals surface area contributed by atoms with Crippen molar-refractivity contribution >= 4 is 5.91 Å². The maximum Gasteiger partial charge on any atom is 0.293 e. The quantitative estimate of drug-likeness (QED) is 0.721. The number of hydrogen-bond acceptors (Lipinski definition) is 4. The average molecular weight is 223 g/mol. The van der Waals surface area contributed by atoms with E-state index in [0.29, 0.717) is 11.9 Å². The number of H-pyrrole nitrogens is 1. The van der Waals surface area contributed by atoms with Crippen LogP contribution in [0, 0.1) is 6.92 Å². The molecule has 6 nitrogen and oxygen atoms in total. The van der Waals surface area contributed by atoms with E-state index in [0.717, 1.165) is 19.6 Å². The van der Waals surface area contributed by atoms with Gasteiger partial charge in [0.2, 0.25) is 5.82 Å². The molecule has 1 aliphatic heterocycles. The molecule has 0 saturated carbocycles. The van der Waals surface area contributed by atoms with Gasteiger partial charge in [0.1, 0.15) is 5.82 Å². The number of carbonyl (C=O) groups excluding carboxylic acids is 1. The van der Waals surface area contributed by atoms with Gasteiger partial charge in [-0.1, -0.05) is 0 Å². The van der Waals surface area contributed by atoms with Gasteiger partial charge in [-0.25, -0.2) is 4.98 Å². The van der Waals surface area contributed by atoms with Crippen molar-refractivity contribution in [1.82, 2.24) is 25.0 Å². The zero-order valence-electron chi connectivity index (χ0n) is 9.90. The molecule has 1 unspecified atom stereocenters. The Bertz CT molecular complexity index is 388. The third-order valence-corrected chi connectivity index (χ3v) is 3.04. The van der Waals surface area contributed by atoms with Gasteiger partial charge in [-0.3, -0.25) is 9.89 Å². The van der Waals surface area contributed by atoms with Crippen molar-refractivity contribution in [2.45, 2.75) is 19.9 Å². The number of nitrogens with one attached hydrogen (secondary N) is 1. The molecule has 2 heterocycles. The van der Waals surface area contributed by atoms with Gasteiger partial charge in [0.15, 0.2) is 0 Å². The molecule has 0 aromatic carbocycles. The third kappa shape index (κ3) is 2.06. The first-order valence-corrected chi connectivity index (χ1v) is 5.46. The minimum Gasteiger partial charge on any atom is -0.333 e. The lowest BCUT2D eigenvalue weighted by Gasteiger charge is -2.37. The monoisotopic (exact) mass is 223 g/mol. The fraction of sp³-hybridized carbons (Fsp3) is 0.700. The first-order valence-electron chi connectivity index (χ1n) is 5.46. The summed E-state index contributed by atoms with van der Waals surface area (Å²) in [6.07, 6.45) is 0. The van der Waals surface area contributed by atoms with Crippen molar-refractivity contribution < 1.29 is 4.79 Å². The third-order valence-electron chi connectivity index (χ3n) is 3.04. The second-order valence-electron chi connectivity index (χ2n) is 4.33. The van der Waals surface area contributed by atoms with Crippen LogP contribution in [0.4, 0.5) is 0 Å². The second-order valence-corrected chi connectivity index (χ2v) is 4.33. The Morgan fingerprint density at radius 3 is 2.81 bits per heavy atom. The van der Waals surface area contributed by atoms with Gasteiger partial charge in [-0.05, 0) is 20.9 Å². The summed E-state index contributed by atoms with van der Waals surface area (Å²) in [7, 11) is 2.07. The normalized spacial score (nSPS) is 22.4. The van der Waals surface area contributed by atoms with E-state index in [1.807, 2.05) is 4.90 Å². The van der Waals surface area contributed by atoms with Gasteiger partial charge >= 0.3 is 0 Å². The summed E-state index contributed by atoms with van der Waals surface area (Å²) in [5, 5.41) is 6.58. The van der Waals surface area contributed by atoms with E-state index in [1.165, 1.54) is 0 Å². The fourth-order valence-electron chi connectivity index (χ4n) is 1.81. The molecular weight excluding hydrogens is 206 g/mol. The van der Waals surface area contributed by atoms with Crippen molar-refractivity contribution in [2.75, 3.05) is 26.7 Å². The highest BCUT2D eigenvalue weighted by atomic mass is 16.2. The summed E-state index contributed by atoms with van der Waals surface area (Å²) in [5.41, 5.74) is 0. The molecule has 0 aliphatic carbocycles. The number of aromatic nitrogens is 3. The smallest absolute Gasteiger partial charge is 0.293 e. The number of piperazine rings is 1. The standard InChI is InChI=1S/C10H17N5O/c1-7-6-15(5-4-14(7)3)10(16)9-11-8(2)12-13-9/h7H,4-6H2,1-3H3,(H,11,12,13). The molecular formula is C10H17N5O. The Hall–Kier alpha value is -1.43. The maximum atomic E-state index is 12.0. The summed E-state index contributed by atoms with van der Waals surface area (Å²) in [6.45, 7) is 6.28. The van der Waals surface area contributed by atoms with Crippen LogP contribution in [0.3, 0.4) is 0 Å². The molecule has 1 aliphatic rings. The van der Waals surface area contributed by atoms with Crippen LogP contribution < -0.4 is 0 Å². The van der Waals surface area contributed by atoms with Crippen LogP contribution in [0.15, 0.2) is 0 Å². The molecule has 1 N–H and O–H groups in total. The average Bonchev–Trinajstić information content (AvgIpc) is 2.68. The Balaban J connectivity index is 2.06. The molecule has 6 heteroatoms. The van der Waals surface area contributed by atoms with E-state index in [4.69, 9.17) is 0 Å². The number of hydrogen-bond donors (Lipinski definition) is 1. The molecule has 0 spiro atoms. The van der Waals surface area contributed by atoms with Crippen molar-refractivity contribution in [2.24, 2.45) is 0 Å². The molecule has 1 fully saturated rings. The lowest BCUT2D eigenvalue weighted by Crippen LogP contribution is -2.52. The largest absolute Gasteiger partial charge is 0.333 e. The molecule has 1 aromatic heterocycles. The number of aromatic amines is 1. The van der Waals surface area contributed by atoms with Gasteiger partial charge in [0, 0.05) is 25.7 Å². The molecule has 1 saturated heterocycles. The van der Waals surface area contributed by atoms with E-state index in [1.54, 1.807) is 6.92 Å². The SMILES string of the molecule is Cc1nc(C(=O)N2CCN(C)C(C)C2)n[nH]1. The van der Waals surface area contributed by atoms with Crippen molar-refractivity contribution in [3.8, 4) is 0 Å². The Kier molecular flexibility index (Phi) is 2.91. The highest BCUT2D eigenvalue weighted by molar-refractivity contribution is 5.90. The minimum absolute atomic E-state index is 0.0794. The number of amides is 1. The highest BCUT2D eigenvalue weighted by Gasteiger charge is 2.26. The predicted molar refractivity (Wildman–Crippen MR) is 59.1 cm³/mol. The van der Waals surface area contributed by atoms with E-state index in [9.17, 15) is 4.79 Å². The van der Waals surface area contributed by atoms with Crippen molar-refractivity contribution in [3.63, 3.8) is 0 Å². The summed E-state index contributed by atoms with van der Waals surface area (Å²) < 4.78 is 0. The summed E-state index contributed by atoms with van der Waals surface area (Å²) in [4.78, 5) is 20.1. The summed E-state index contributed by atoms with van der Waals surface area (Å²) in [5.74, 6) is 0.865. The Labute approximate surface area is 94.6 Å². The first kappa shape index (κ1) is 11.1. The molecule has 0 bridgehead atoms. The topological polar surface area (TPSA) is 65.1 Å². The van der Waals surface area contributed by atoms with E-state index >= 15 is 0 Å². The second kappa shape index (κ2) is 4.21. The Morgan fingerprint density at radius 2 is 2.25 bits per heavy atom. The Morgan fingerprint density at radius 1 is 1.50 bits per heavy atom. The van der Waals surface area contributed by atoms with Crippen LogP contribution in [-0.4, -0.2) is 63.6 Å². The minimum atomic E-state index is -0.0794. The number of carbonyl (C=O) groups is 1. The number of likely N-dealkylation sites (N-methyl/N-ethyl adjacent to an activating group) is 1. The van der Waals surface area contributed by atoms with Crippen molar-refractivity contribution in [1.29, 1.82) is 0 Å². The van der Waals surface area contributed by atoms with Crippen LogP contribution in [0.25, 0.3) is 0 Å². The van der Waals surface area contributed by atoms with Gasteiger partial charge in [0.05, 0.1) is 0 Å². The summed E-state index contributed by atoms with van der Waals surface area (Å²) >= 11 is 0. The fourth-order valence-corrected chi connectivity index (χ4v) is 1.81. The molecule has 2 rings (SSSR count). The molecule has 1 amide bonds. The van der Waals surface area contributed by atoms with E-state index in [-0.39, 0.29) is 11.7 Å². The molecule has 1 aromatic rings. The lowest BCUT2D eigenvalue weighted by molar-refractivity contribution is 0.0561. The number of nitrogens with zero attached hydrogens (tertiary/aromatic N) is 4. The van der Waals surface area contributed by atoms with Gasteiger partial charge in [-0.2, -0.15) is 0 Å². The number of rotatable bonds is 1. The molecule has 16 heavy (non-hydrogen) atoms. The highest BCUT2D eigenvalue weighted by Crippen LogP contribution is 2.09. The van der Waals surface area contributed by atoms with Crippen LogP contribution in [0.5, 0.6) is 0 Å². The molecule has 0 radical (unpaired) electrons. The zero-order valence-corrected chi connectivity index (χ0v) is 9.90. The lowest BCUT2D eigenvalue weighted by atomic mass is 10.2. The van der Waals surface area contributed by atoms with Crippen LogP contribution in [0.1, 0.15) is 23.4 Å². The van der Waals surface area contributed by atoms with Crippen molar-refractivity contribution in [3.05, 3.63) is 11.6 Å². The van der Waals surface area contributed by atoms with Gasteiger partial charge in [0.25, 0.3) is 5.91 Å². The zero-order chi connectivity index (χ0) is 11.7. The number of aryl methyl sites for hydroxylation is 1. The van der Waals surface area contributed by atoms with E-state index < -0.39 is 0 Å². The predicted octanol–water partition coefficient (Wildman–Crippen LogP) is -0.111. The van der Waals surface area contributed by atoms with Crippen LogP contribution >= 0.6 is 0 Å². The molecule has 1 atom stereocenters.